The topological polar surface area (TPSA) is 169 Å². The molecule has 0 saturated carbocycles. The fourth-order valence-corrected chi connectivity index (χ4v) is 6.02. The van der Waals surface area contributed by atoms with Gasteiger partial charge in [0.15, 0.2) is 17.2 Å². The second kappa shape index (κ2) is 8.70. The number of phenolic OH excluding ortho intramolecular Hbond substituents is 4. The zero-order chi connectivity index (χ0) is 26.7. The number of thiophene rings is 1. The van der Waals surface area contributed by atoms with E-state index in [9.17, 15) is 25.2 Å². The van der Waals surface area contributed by atoms with Crippen LogP contribution in [-0.4, -0.2) is 55.9 Å². The maximum Gasteiger partial charge on any atom is 0.231 e. The van der Waals surface area contributed by atoms with Crippen LogP contribution in [0.1, 0.15) is 11.1 Å². The maximum absolute atomic E-state index is 13.2. The predicted octanol–water partition coefficient (Wildman–Crippen LogP) is 2.68. The van der Waals surface area contributed by atoms with Crippen molar-refractivity contribution < 1.29 is 25.2 Å². The number of H-pyrrole nitrogens is 1. The van der Waals surface area contributed by atoms with E-state index < -0.39 is 40.8 Å². The van der Waals surface area contributed by atoms with Gasteiger partial charge >= 0.3 is 0 Å². The molecule has 4 heterocycles. The van der Waals surface area contributed by atoms with Crippen LogP contribution >= 0.6 is 11.3 Å². The van der Waals surface area contributed by atoms with E-state index in [1.54, 1.807) is 34.8 Å². The third kappa shape index (κ3) is 3.52. The molecule has 12 heteroatoms. The Morgan fingerprint density at radius 3 is 2.66 bits per heavy atom. The van der Waals surface area contributed by atoms with E-state index in [2.05, 4.69) is 15.2 Å². The van der Waals surface area contributed by atoms with Crippen LogP contribution in [-0.2, 0) is 17.6 Å². The Kier molecular flexibility index (Phi) is 5.42. The molecule has 0 unspecified atom stereocenters. The van der Waals surface area contributed by atoms with Crippen LogP contribution in [0.4, 0.5) is 11.5 Å². The van der Waals surface area contributed by atoms with Crippen molar-refractivity contribution in [2.75, 3.05) is 17.2 Å². The standard InChI is InChI=1S/C26H20BN5O5S/c27-20-21(34)14(22(35)24(37)23(20)36)6-18(33)32-4-3-12-5-11(1-2-17(12)32)16-10-38-25-15(13-7-30-31-8-13)9-29-26(28)19(16)25/h1-2,5,7-10,34-37H,3-4,6H2,(H2,28,29)(H,30,31). The van der Waals surface area contributed by atoms with Gasteiger partial charge in [-0.05, 0) is 40.5 Å². The number of aromatic hydroxyl groups is 4. The highest BCUT2D eigenvalue weighted by atomic mass is 32.1. The summed E-state index contributed by atoms with van der Waals surface area (Å²) in [5, 5.41) is 49.8. The molecular formula is C26H20BN5O5S. The van der Waals surface area contributed by atoms with Gasteiger partial charge in [0.05, 0.1) is 12.6 Å². The van der Waals surface area contributed by atoms with Crippen molar-refractivity contribution >= 4 is 52.1 Å². The number of nitrogens with one attached hydrogen (secondary N) is 1. The summed E-state index contributed by atoms with van der Waals surface area (Å²) in [6, 6.07) is 5.79. The number of nitrogens with zero attached hydrogens (tertiary/aromatic N) is 3. The number of nitrogens with two attached hydrogens (primary N) is 1. The number of hydrogen-bond acceptors (Lipinski definition) is 9. The van der Waals surface area contributed by atoms with Crippen molar-refractivity contribution in [1.29, 1.82) is 0 Å². The van der Waals surface area contributed by atoms with Gasteiger partial charge in [0.1, 0.15) is 19.4 Å². The minimum atomic E-state index is -0.887. The highest BCUT2D eigenvalue weighted by molar-refractivity contribution is 7.18. The number of phenols is 4. The van der Waals surface area contributed by atoms with Crippen LogP contribution in [0, 0.1) is 0 Å². The molecule has 0 atom stereocenters. The van der Waals surface area contributed by atoms with Gasteiger partial charge < -0.3 is 31.1 Å². The van der Waals surface area contributed by atoms with Crippen LogP contribution in [0.2, 0.25) is 0 Å². The molecule has 2 aromatic carbocycles. The second-order valence-electron chi connectivity index (χ2n) is 9.00. The maximum atomic E-state index is 13.2. The molecule has 0 aliphatic carbocycles. The number of aromatic nitrogens is 3. The lowest BCUT2D eigenvalue weighted by molar-refractivity contribution is -0.117. The van der Waals surface area contributed by atoms with E-state index in [0.29, 0.717) is 24.5 Å². The Balaban J connectivity index is 1.33. The molecule has 3 aromatic heterocycles. The number of fused-ring (bicyclic) bond motifs is 2. The molecule has 0 bridgehead atoms. The first-order chi connectivity index (χ1) is 18.3. The Morgan fingerprint density at radius 1 is 1.08 bits per heavy atom. The van der Waals surface area contributed by atoms with Crippen molar-refractivity contribution in [3.05, 3.63) is 53.3 Å². The minimum absolute atomic E-state index is 0.256. The third-order valence-electron chi connectivity index (χ3n) is 6.88. The normalized spacial score (nSPS) is 12.8. The summed E-state index contributed by atoms with van der Waals surface area (Å²) < 4.78 is 1.00. The molecule has 1 aliphatic heterocycles. The summed E-state index contributed by atoms with van der Waals surface area (Å²) in [5.41, 5.74) is 10.9. The number of anilines is 2. The Bertz CT molecular complexity index is 1720. The number of rotatable bonds is 4. The number of benzene rings is 2. The van der Waals surface area contributed by atoms with Crippen LogP contribution in [0.15, 0.2) is 42.2 Å². The lowest BCUT2D eigenvalue weighted by Crippen LogP contribution is -2.30. The van der Waals surface area contributed by atoms with Gasteiger partial charge in [0, 0.05) is 57.0 Å². The molecule has 5 aromatic rings. The van der Waals surface area contributed by atoms with E-state index in [4.69, 9.17) is 13.6 Å². The lowest BCUT2D eigenvalue weighted by Gasteiger charge is -2.19. The fourth-order valence-electron chi connectivity index (χ4n) is 4.90. The number of carbonyl (C=O) groups is 1. The first kappa shape index (κ1) is 23.7. The summed E-state index contributed by atoms with van der Waals surface area (Å²) in [6.07, 6.45) is 5.46. The monoisotopic (exact) mass is 525 g/mol. The third-order valence-corrected chi connectivity index (χ3v) is 7.89. The number of aromatic amines is 1. The van der Waals surface area contributed by atoms with Gasteiger partial charge in [-0.25, -0.2) is 4.98 Å². The van der Waals surface area contributed by atoms with Crippen molar-refractivity contribution in [2.24, 2.45) is 0 Å². The lowest BCUT2D eigenvalue weighted by atomic mass is 9.89. The van der Waals surface area contributed by atoms with E-state index >= 15 is 0 Å². The van der Waals surface area contributed by atoms with E-state index in [-0.39, 0.29) is 5.56 Å². The fraction of sp³-hybridized carbons (Fsp3) is 0.115. The predicted molar refractivity (Wildman–Crippen MR) is 145 cm³/mol. The van der Waals surface area contributed by atoms with Gasteiger partial charge in [-0.2, -0.15) is 5.10 Å². The van der Waals surface area contributed by atoms with Gasteiger partial charge in [0.25, 0.3) is 0 Å². The molecule has 0 saturated heterocycles. The average Bonchev–Trinajstić information content (AvgIpc) is 3.68. The SMILES string of the molecule is [B]c1c(O)c(O)c(O)c(CC(=O)N2CCc3cc(-c4csc5c(-c6cn[nH]c6)cnc(N)c45)ccc32)c1O. The highest BCUT2D eigenvalue weighted by Crippen LogP contribution is 2.44. The summed E-state index contributed by atoms with van der Waals surface area (Å²) in [5.74, 6) is -3.15. The minimum Gasteiger partial charge on any atom is -0.508 e. The average molecular weight is 525 g/mol. The van der Waals surface area contributed by atoms with E-state index in [0.717, 1.165) is 37.9 Å². The Labute approximate surface area is 221 Å². The Hall–Kier alpha value is -4.71. The van der Waals surface area contributed by atoms with Crippen molar-refractivity contribution in [3.8, 4) is 45.3 Å². The Morgan fingerprint density at radius 2 is 1.89 bits per heavy atom. The number of nitrogen functional groups attached to an aromatic ring is 1. The molecule has 38 heavy (non-hydrogen) atoms. The zero-order valence-corrected chi connectivity index (χ0v) is 20.6. The largest absolute Gasteiger partial charge is 0.508 e. The quantitative estimate of drug-likeness (QED) is 0.118. The van der Waals surface area contributed by atoms with Crippen LogP contribution in [0.3, 0.4) is 0 Å². The molecule has 188 valence electrons. The second-order valence-corrected chi connectivity index (χ2v) is 9.88. The van der Waals surface area contributed by atoms with Crippen LogP contribution < -0.4 is 16.1 Å². The van der Waals surface area contributed by atoms with Gasteiger partial charge in [-0.15, -0.1) is 11.3 Å². The number of amides is 1. The molecule has 0 spiro atoms. The number of hydrogen-bond donors (Lipinski definition) is 6. The molecule has 1 aliphatic rings. The van der Waals surface area contributed by atoms with Crippen LogP contribution in [0.5, 0.6) is 23.0 Å². The van der Waals surface area contributed by atoms with Crippen molar-refractivity contribution in [1.82, 2.24) is 15.2 Å². The molecule has 10 nitrogen and oxygen atoms in total. The first-order valence-corrected chi connectivity index (χ1v) is 12.5. The molecule has 1 amide bonds. The summed E-state index contributed by atoms with van der Waals surface area (Å²) in [7, 11) is 5.59. The first-order valence-electron chi connectivity index (χ1n) is 11.6. The van der Waals surface area contributed by atoms with Gasteiger partial charge in [-0.1, -0.05) is 6.07 Å². The summed E-state index contributed by atoms with van der Waals surface area (Å²) in [6.45, 7) is 0.400. The van der Waals surface area contributed by atoms with Gasteiger partial charge in [0.2, 0.25) is 5.91 Å². The molecule has 2 radical (unpaired) electrons. The zero-order valence-electron chi connectivity index (χ0n) is 19.8. The van der Waals surface area contributed by atoms with Crippen molar-refractivity contribution in [2.45, 2.75) is 12.8 Å². The van der Waals surface area contributed by atoms with E-state index in [1.165, 1.54) is 0 Å². The van der Waals surface area contributed by atoms with Crippen LogP contribution in [0.25, 0.3) is 32.3 Å². The molecule has 6 rings (SSSR count). The number of pyridine rings is 1. The molecule has 7 N–H and O–H groups in total. The highest BCUT2D eigenvalue weighted by Gasteiger charge is 2.29. The van der Waals surface area contributed by atoms with Crippen molar-refractivity contribution in [3.63, 3.8) is 0 Å². The molecule has 0 fully saturated rings. The van der Waals surface area contributed by atoms with E-state index in [1.807, 2.05) is 23.6 Å². The number of carbonyl (C=O) groups excluding carboxylic acids is 1. The summed E-state index contributed by atoms with van der Waals surface area (Å²) in [4.78, 5) is 19.1. The molecular weight excluding hydrogens is 505 g/mol. The van der Waals surface area contributed by atoms with Gasteiger partial charge in [-0.3, -0.25) is 9.89 Å². The smallest absolute Gasteiger partial charge is 0.231 e. The summed E-state index contributed by atoms with van der Waals surface area (Å²) >= 11 is 1.57.